The van der Waals surface area contributed by atoms with Crippen LogP contribution in [0.25, 0.3) is 0 Å². The topological polar surface area (TPSA) is 58.5 Å². The SMILES string of the molecule is CCCCCOc1cc(C)ccc1CNC(=NC)NCc1ccccn1.I. The summed E-state index contributed by atoms with van der Waals surface area (Å²) in [6.07, 6.45) is 5.28. The quantitative estimate of drug-likeness (QED) is 0.240. The van der Waals surface area contributed by atoms with Gasteiger partial charge in [0.1, 0.15) is 5.75 Å². The molecule has 0 aliphatic carbocycles. The van der Waals surface area contributed by atoms with E-state index < -0.39 is 0 Å². The number of halogens is 1. The summed E-state index contributed by atoms with van der Waals surface area (Å²) in [5, 5.41) is 6.63. The van der Waals surface area contributed by atoms with Crippen LogP contribution in [-0.4, -0.2) is 24.6 Å². The maximum absolute atomic E-state index is 6.00. The molecule has 1 aromatic heterocycles. The number of nitrogens with one attached hydrogen (secondary N) is 2. The molecule has 1 aromatic carbocycles. The Morgan fingerprint density at radius 3 is 2.63 bits per heavy atom. The van der Waals surface area contributed by atoms with Crippen LogP contribution in [0.15, 0.2) is 47.6 Å². The lowest BCUT2D eigenvalue weighted by Crippen LogP contribution is -2.36. The molecule has 0 saturated heterocycles. The zero-order valence-corrected chi connectivity index (χ0v) is 18.8. The van der Waals surface area contributed by atoms with Crippen molar-refractivity contribution >= 4 is 29.9 Å². The van der Waals surface area contributed by atoms with Gasteiger partial charge in [0.2, 0.25) is 0 Å². The summed E-state index contributed by atoms with van der Waals surface area (Å²) in [6, 6.07) is 12.2. The van der Waals surface area contributed by atoms with Crippen molar-refractivity contribution in [1.29, 1.82) is 0 Å². The Bertz CT molecular complexity index is 692. The Kier molecular flexibility index (Phi) is 11.5. The highest BCUT2D eigenvalue weighted by Crippen LogP contribution is 2.20. The predicted molar refractivity (Wildman–Crippen MR) is 123 cm³/mol. The highest BCUT2D eigenvalue weighted by molar-refractivity contribution is 14.0. The molecule has 1 heterocycles. The van der Waals surface area contributed by atoms with Crippen molar-refractivity contribution in [3.8, 4) is 5.75 Å². The first-order valence-corrected chi connectivity index (χ1v) is 9.29. The maximum atomic E-state index is 6.00. The average molecular weight is 482 g/mol. The Morgan fingerprint density at radius 2 is 1.93 bits per heavy atom. The van der Waals surface area contributed by atoms with E-state index >= 15 is 0 Å². The second-order valence-electron chi connectivity index (χ2n) is 6.27. The Labute approximate surface area is 180 Å². The molecule has 0 amide bonds. The summed E-state index contributed by atoms with van der Waals surface area (Å²) >= 11 is 0. The van der Waals surface area contributed by atoms with Gasteiger partial charge in [-0.15, -0.1) is 24.0 Å². The monoisotopic (exact) mass is 482 g/mol. The summed E-state index contributed by atoms with van der Waals surface area (Å²) in [5.74, 6) is 1.70. The zero-order valence-electron chi connectivity index (χ0n) is 16.5. The number of unbranched alkanes of at least 4 members (excludes halogenated alkanes) is 2. The molecular weight excluding hydrogens is 451 g/mol. The van der Waals surface area contributed by atoms with Gasteiger partial charge in [0, 0.05) is 25.4 Å². The van der Waals surface area contributed by atoms with Crippen LogP contribution < -0.4 is 15.4 Å². The third-order valence-corrected chi connectivity index (χ3v) is 4.06. The molecular formula is C21H31IN4O. The first kappa shape index (κ1) is 23.2. The average Bonchev–Trinajstić information content (AvgIpc) is 2.67. The summed E-state index contributed by atoms with van der Waals surface area (Å²) in [4.78, 5) is 8.59. The maximum Gasteiger partial charge on any atom is 0.191 e. The van der Waals surface area contributed by atoms with Crippen LogP contribution in [-0.2, 0) is 13.1 Å². The van der Waals surface area contributed by atoms with Gasteiger partial charge in [-0.3, -0.25) is 9.98 Å². The molecule has 0 spiro atoms. The number of hydrogen-bond acceptors (Lipinski definition) is 3. The fourth-order valence-corrected chi connectivity index (χ4v) is 2.55. The molecule has 0 bridgehead atoms. The minimum absolute atomic E-state index is 0. The van der Waals surface area contributed by atoms with Gasteiger partial charge in [-0.05, 0) is 37.1 Å². The fourth-order valence-electron chi connectivity index (χ4n) is 2.55. The molecule has 148 valence electrons. The van der Waals surface area contributed by atoms with E-state index in [1.54, 1.807) is 13.2 Å². The van der Waals surface area contributed by atoms with E-state index in [0.29, 0.717) is 13.1 Å². The molecule has 0 unspecified atom stereocenters. The molecule has 2 N–H and O–H groups in total. The van der Waals surface area contributed by atoms with Crippen LogP contribution in [0.2, 0.25) is 0 Å². The number of guanidine groups is 1. The van der Waals surface area contributed by atoms with Crippen LogP contribution in [0.4, 0.5) is 0 Å². The highest BCUT2D eigenvalue weighted by atomic mass is 127. The molecule has 0 atom stereocenters. The number of rotatable bonds is 9. The minimum atomic E-state index is 0. The van der Waals surface area contributed by atoms with Crippen molar-refractivity contribution in [3.05, 3.63) is 59.4 Å². The Hall–Kier alpha value is -1.83. The second-order valence-corrected chi connectivity index (χ2v) is 6.27. The van der Waals surface area contributed by atoms with Crippen LogP contribution in [0.3, 0.4) is 0 Å². The second kappa shape index (κ2) is 13.4. The van der Waals surface area contributed by atoms with Gasteiger partial charge in [0.25, 0.3) is 0 Å². The van der Waals surface area contributed by atoms with Gasteiger partial charge in [-0.2, -0.15) is 0 Å². The third-order valence-electron chi connectivity index (χ3n) is 4.06. The van der Waals surface area contributed by atoms with E-state index in [1.165, 1.54) is 18.4 Å². The van der Waals surface area contributed by atoms with Gasteiger partial charge < -0.3 is 15.4 Å². The molecule has 2 aromatic rings. The van der Waals surface area contributed by atoms with Crippen molar-refractivity contribution in [2.45, 2.75) is 46.2 Å². The summed E-state index contributed by atoms with van der Waals surface area (Å²) < 4.78 is 6.00. The predicted octanol–water partition coefficient (Wildman–Crippen LogP) is 4.44. The van der Waals surface area contributed by atoms with Gasteiger partial charge >= 0.3 is 0 Å². The van der Waals surface area contributed by atoms with Gasteiger partial charge in [-0.1, -0.05) is 38.0 Å². The molecule has 2 rings (SSSR count). The first-order valence-electron chi connectivity index (χ1n) is 9.29. The van der Waals surface area contributed by atoms with Crippen molar-refractivity contribution < 1.29 is 4.74 Å². The van der Waals surface area contributed by atoms with Crippen LogP contribution in [0.1, 0.15) is 43.0 Å². The molecule has 5 nitrogen and oxygen atoms in total. The molecule has 0 fully saturated rings. The largest absolute Gasteiger partial charge is 0.493 e. The van der Waals surface area contributed by atoms with E-state index in [1.807, 2.05) is 18.2 Å². The van der Waals surface area contributed by atoms with Gasteiger partial charge in [0.15, 0.2) is 5.96 Å². The standard InChI is InChI=1S/C21H30N4O.HI/c1-4-5-8-13-26-20-14-17(2)10-11-18(20)15-24-21(22-3)25-16-19-9-6-7-12-23-19;/h6-7,9-12,14H,4-5,8,13,15-16H2,1-3H3,(H2,22,24,25);1H. The zero-order chi connectivity index (χ0) is 18.6. The van der Waals surface area contributed by atoms with Crippen molar-refractivity contribution in [1.82, 2.24) is 15.6 Å². The van der Waals surface area contributed by atoms with E-state index in [-0.39, 0.29) is 24.0 Å². The number of ether oxygens (including phenoxy) is 1. The van der Waals surface area contributed by atoms with Crippen molar-refractivity contribution in [2.75, 3.05) is 13.7 Å². The summed E-state index contributed by atoms with van der Waals surface area (Å²) in [5.41, 5.74) is 3.32. The van der Waals surface area contributed by atoms with Crippen LogP contribution in [0, 0.1) is 6.92 Å². The number of hydrogen-bond donors (Lipinski definition) is 2. The lowest BCUT2D eigenvalue weighted by atomic mass is 10.1. The number of pyridine rings is 1. The molecule has 6 heteroatoms. The van der Waals surface area contributed by atoms with E-state index in [0.717, 1.165) is 36.0 Å². The van der Waals surface area contributed by atoms with Crippen LogP contribution >= 0.6 is 24.0 Å². The Morgan fingerprint density at radius 1 is 1.11 bits per heavy atom. The Balaban J connectivity index is 0.00000364. The van der Waals surface area contributed by atoms with Gasteiger partial charge in [0.05, 0.1) is 18.8 Å². The number of benzene rings is 1. The fraction of sp³-hybridized carbons (Fsp3) is 0.429. The van der Waals surface area contributed by atoms with E-state index in [4.69, 9.17) is 4.74 Å². The molecule has 0 aliphatic heterocycles. The number of aromatic nitrogens is 1. The van der Waals surface area contributed by atoms with Gasteiger partial charge in [-0.25, -0.2) is 0 Å². The minimum Gasteiger partial charge on any atom is -0.493 e. The molecule has 0 saturated carbocycles. The number of aryl methyl sites for hydroxylation is 1. The van der Waals surface area contributed by atoms with Crippen molar-refractivity contribution in [2.24, 2.45) is 4.99 Å². The lowest BCUT2D eigenvalue weighted by molar-refractivity contribution is 0.303. The summed E-state index contributed by atoms with van der Waals surface area (Å²) in [6.45, 7) is 6.34. The first-order chi connectivity index (χ1) is 12.7. The normalized spacial score (nSPS) is 10.9. The molecule has 0 aliphatic rings. The molecule has 0 radical (unpaired) electrons. The third kappa shape index (κ3) is 8.60. The smallest absolute Gasteiger partial charge is 0.191 e. The van der Waals surface area contributed by atoms with E-state index in [2.05, 4.69) is 52.7 Å². The van der Waals surface area contributed by atoms with E-state index in [9.17, 15) is 0 Å². The number of aliphatic imine (C=N–C) groups is 1. The molecule has 27 heavy (non-hydrogen) atoms. The highest BCUT2D eigenvalue weighted by Gasteiger charge is 2.06. The summed E-state index contributed by atoms with van der Waals surface area (Å²) in [7, 11) is 1.77. The van der Waals surface area contributed by atoms with Crippen molar-refractivity contribution in [3.63, 3.8) is 0 Å². The van der Waals surface area contributed by atoms with Crippen LogP contribution in [0.5, 0.6) is 5.75 Å². The number of nitrogens with zero attached hydrogens (tertiary/aromatic N) is 2. The lowest BCUT2D eigenvalue weighted by Gasteiger charge is -2.15.